The van der Waals surface area contributed by atoms with E-state index in [9.17, 15) is 0 Å². The van der Waals surface area contributed by atoms with E-state index in [1.54, 1.807) is 0 Å². The number of hydrogen-bond donors (Lipinski definition) is 3. The molecule has 4 aromatic rings. The zero-order chi connectivity index (χ0) is 25.2. The molecule has 2 aliphatic carbocycles. The Morgan fingerprint density at radius 3 is 2.16 bits per heavy atom. The third-order valence-corrected chi connectivity index (χ3v) is 7.59. The minimum Gasteiger partial charge on any atom is -0.368 e. The second kappa shape index (κ2) is 10.4. The van der Waals surface area contributed by atoms with Gasteiger partial charge in [-0.25, -0.2) is 14.5 Å². The number of aromatic nitrogens is 4. The fourth-order valence-electron chi connectivity index (χ4n) is 5.84. The Morgan fingerprint density at radius 1 is 0.784 bits per heavy atom. The van der Waals surface area contributed by atoms with E-state index >= 15 is 0 Å². The van der Waals surface area contributed by atoms with Crippen molar-refractivity contribution in [3.8, 4) is 22.4 Å². The van der Waals surface area contributed by atoms with Crippen LogP contribution in [0.5, 0.6) is 0 Å². The third-order valence-electron chi connectivity index (χ3n) is 7.59. The zero-order valence-electron chi connectivity index (χ0n) is 21.9. The number of nitrogens with one attached hydrogen (secondary N) is 3. The van der Waals surface area contributed by atoms with Crippen LogP contribution in [-0.2, 0) is 0 Å². The van der Waals surface area contributed by atoms with Crippen LogP contribution in [0.15, 0.2) is 54.9 Å². The highest BCUT2D eigenvalue weighted by Gasteiger charge is 2.22. The van der Waals surface area contributed by atoms with Crippen molar-refractivity contribution in [3.63, 3.8) is 0 Å². The first kappa shape index (κ1) is 23.8. The Bertz CT molecular complexity index is 1360. The van der Waals surface area contributed by atoms with Gasteiger partial charge >= 0.3 is 0 Å². The molecular weight excluding hydrogens is 458 g/mol. The highest BCUT2D eigenvalue weighted by atomic mass is 15.3. The van der Waals surface area contributed by atoms with Gasteiger partial charge in [0.15, 0.2) is 0 Å². The van der Waals surface area contributed by atoms with Gasteiger partial charge in [0.1, 0.15) is 23.1 Å². The second-order valence-electron chi connectivity index (χ2n) is 10.8. The highest BCUT2D eigenvalue weighted by Crippen LogP contribution is 2.38. The molecule has 37 heavy (non-hydrogen) atoms. The first-order chi connectivity index (χ1) is 18.1. The van der Waals surface area contributed by atoms with Gasteiger partial charge in [0, 0.05) is 41.6 Å². The molecule has 0 spiro atoms. The maximum atomic E-state index is 5.21. The molecule has 192 valence electrons. The normalized spacial score (nSPS) is 16.6. The Morgan fingerprint density at radius 2 is 1.43 bits per heavy atom. The van der Waals surface area contributed by atoms with E-state index in [1.165, 1.54) is 51.4 Å². The van der Waals surface area contributed by atoms with E-state index < -0.39 is 0 Å². The average Bonchev–Trinajstić information content (AvgIpc) is 3.66. The quantitative estimate of drug-likeness (QED) is 0.245. The van der Waals surface area contributed by atoms with Crippen LogP contribution in [-0.4, -0.2) is 37.7 Å². The molecule has 0 radical (unpaired) electrons. The summed E-state index contributed by atoms with van der Waals surface area (Å²) in [4.78, 5) is 9.20. The van der Waals surface area contributed by atoms with Crippen LogP contribution in [0.2, 0.25) is 0 Å². The SMILES string of the molecule is CC(C)Nc1cc(-c2nn3c(NC4CCCC4)cccc3c2-c2ccnc(NC3CCCC3)c2)ccn1. The van der Waals surface area contributed by atoms with Crippen molar-refractivity contribution in [3.05, 3.63) is 54.9 Å². The van der Waals surface area contributed by atoms with Gasteiger partial charge in [-0.05, 0) is 81.5 Å². The summed E-state index contributed by atoms with van der Waals surface area (Å²) in [6.45, 7) is 4.25. The van der Waals surface area contributed by atoms with Gasteiger partial charge in [0.05, 0.1) is 5.52 Å². The van der Waals surface area contributed by atoms with E-state index in [4.69, 9.17) is 5.10 Å². The van der Waals surface area contributed by atoms with Crippen LogP contribution in [0, 0.1) is 0 Å². The molecule has 0 saturated heterocycles. The topological polar surface area (TPSA) is 79.2 Å². The highest BCUT2D eigenvalue weighted by molar-refractivity contribution is 5.93. The Hall–Kier alpha value is -3.61. The zero-order valence-corrected chi connectivity index (χ0v) is 21.9. The van der Waals surface area contributed by atoms with Crippen molar-refractivity contribution in [1.29, 1.82) is 0 Å². The predicted octanol–water partition coefficient (Wildman–Crippen LogP) is 6.99. The molecular formula is C30H37N7. The van der Waals surface area contributed by atoms with Crippen LogP contribution in [0.25, 0.3) is 27.9 Å². The lowest BCUT2D eigenvalue weighted by atomic mass is 10.0. The summed E-state index contributed by atoms with van der Waals surface area (Å²) in [5.41, 5.74) is 5.33. The van der Waals surface area contributed by atoms with E-state index in [2.05, 4.69) is 86.7 Å². The predicted molar refractivity (Wildman–Crippen MR) is 152 cm³/mol. The van der Waals surface area contributed by atoms with Gasteiger partial charge in [-0.15, -0.1) is 0 Å². The van der Waals surface area contributed by atoms with Gasteiger partial charge in [-0.1, -0.05) is 31.7 Å². The number of rotatable bonds is 8. The van der Waals surface area contributed by atoms with Crippen LogP contribution in [0.4, 0.5) is 17.5 Å². The molecule has 6 rings (SSSR count). The molecule has 4 aromatic heterocycles. The van der Waals surface area contributed by atoms with E-state index in [1.807, 2.05) is 12.4 Å². The summed E-state index contributed by atoms with van der Waals surface area (Å²) in [5.74, 6) is 2.84. The number of hydrogen-bond acceptors (Lipinski definition) is 6. The molecule has 0 aromatic carbocycles. The number of fused-ring (bicyclic) bond motifs is 1. The van der Waals surface area contributed by atoms with E-state index in [0.29, 0.717) is 18.1 Å². The Balaban J connectivity index is 1.47. The molecule has 2 saturated carbocycles. The summed E-state index contributed by atoms with van der Waals surface area (Å²) >= 11 is 0. The number of pyridine rings is 3. The van der Waals surface area contributed by atoms with Crippen LogP contribution in [0.1, 0.15) is 65.2 Å². The van der Waals surface area contributed by atoms with Crippen LogP contribution >= 0.6 is 0 Å². The summed E-state index contributed by atoms with van der Waals surface area (Å²) in [5, 5.41) is 16.1. The van der Waals surface area contributed by atoms with Gasteiger partial charge < -0.3 is 16.0 Å². The summed E-state index contributed by atoms with van der Waals surface area (Å²) in [7, 11) is 0. The average molecular weight is 496 g/mol. The molecule has 0 bridgehead atoms. The lowest BCUT2D eigenvalue weighted by molar-refractivity contribution is 0.742. The molecule has 2 aliphatic rings. The molecule has 7 heteroatoms. The summed E-state index contributed by atoms with van der Waals surface area (Å²) < 4.78 is 2.09. The molecule has 0 aliphatic heterocycles. The largest absolute Gasteiger partial charge is 0.368 e. The summed E-state index contributed by atoms with van der Waals surface area (Å²) in [6, 6.07) is 16.2. The lowest BCUT2D eigenvalue weighted by Gasteiger charge is -2.15. The van der Waals surface area contributed by atoms with E-state index in [0.717, 1.165) is 45.4 Å². The molecule has 0 atom stereocenters. The third kappa shape index (κ3) is 5.13. The lowest BCUT2D eigenvalue weighted by Crippen LogP contribution is -2.17. The first-order valence-corrected chi connectivity index (χ1v) is 13.9. The van der Waals surface area contributed by atoms with Gasteiger partial charge in [-0.2, -0.15) is 5.10 Å². The van der Waals surface area contributed by atoms with Crippen molar-refractivity contribution in [1.82, 2.24) is 19.6 Å². The van der Waals surface area contributed by atoms with E-state index in [-0.39, 0.29) is 0 Å². The Kier molecular flexibility index (Phi) is 6.68. The first-order valence-electron chi connectivity index (χ1n) is 13.9. The van der Waals surface area contributed by atoms with Gasteiger partial charge in [0.25, 0.3) is 0 Å². The van der Waals surface area contributed by atoms with Crippen LogP contribution < -0.4 is 16.0 Å². The van der Waals surface area contributed by atoms with Crippen molar-refractivity contribution in [2.45, 2.75) is 83.3 Å². The van der Waals surface area contributed by atoms with Gasteiger partial charge in [0.2, 0.25) is 0 Å². The van der Waals surface area contributed by atoms with Crippen molar-refractivity contribution in [2.24, 2.45) is 0 Å². The number of anilines is 3. The fraction of sp³-hybridized carbons (Fsp3) is 0.433. The molecule has 3 N–H and O–H groups in total. The van der Waals surface area contributed by atoms with Crippen molar-refractivity contribution in [2.75, 3.05) is 16.0 Å². The van der Waals surface area contributed by atoms with Gasteiger partial charge in [-0.3, -0.25) is 0 Å². The standard InChI is InChI=1S/C30H37N7/c1-20(2)33-26-19-22(15-17-31-26)30-29(21-14-16-32-27(18-21)34-23-8-3-4-9-23)25-12-7-13-28(37(25)36-30)35-24-10-5-6-11-24/h7,12-20,23-24,35H,3-6,8-11H2,1-2H3,(H,31,33)(H,32,34). The molecule has 0 unspecified atom stereocenters. The maximum Gasteiger partial charge on any atom is 0.128 e. The minimum atomic E-state index is 0.301. The van der Waals surface area contributed by atoms with Crippen LogP contribution in [0.3, 0.4) is 0 Å². The second-order valence-corrected chi connectivity index (χ2v) is 10.8. The number of nitrogens with zero attached hydrogens (tertiary/aromatic N) is 4. The molecule has 2 fully saturated rings. The molecule has 4 heterocycles. The molecule has 0 amide bonds. The molecule has 7 nitrogen and oxygen atoms in total. The minimum absolute atomic E-state index is 0.301. The smallest absolute Gasteiger partial charge is 0.128 e. The van der Waals surface area contributed by atoms with Crippen molar-refractivity contribution < 1.29 is 0 Å². The summed E-state index contributed by atoms with van der Waals surface area (Å²) in [6.07, 6.45) is 13.8. The maximum absolute atomic E-state index is 5.21. The Labute approximate surface area is 219 Å². The van der Waals surface area contributed by atoms with Crippen molar-refractivity contribution >= 4 is 23.0 Å². The monoisotopic (exact) mass is 495 g/mol. The fourth-order valence-corrected chi connectivity index (χ4v) is 5.84.